The van der Waals surface area contributed by atoms with Crippen molar-refractivity contribution in [1.82, 2.24) is 5.32 Å². The Labute approximate surface area is 224 Å². The minimum absolute atomic E-state index is 0.178. The number of ether oxygens (including phenoxy) is 1. The predicted octanol–water partition coefficient (Wildman–Crippen LogP) is 6.96. The van der Waals surface area contributed by atoms with Gasteiger partial charge in [-0.1, -0.05) is 68.9 Å². The molecule has 0 atom stereocenters. The lowest BCUT2D eigenvalue weighted by atomic mass is 10.0. The van der Waals surface area contributed by atoms with E-state index in [4.69, 9.17) is 39.5 Å². The molecule has 1 fully saturated rings. The molecule has 35 heavy (non-hydrogen) atoms. The maximum atomic E-state index is 13.3. The Balaban J connectivity index is 1.73. The number of nitrogens with one attached hydrogen (secondary N) is 1. The van der Waals surface area contributed by atoms with Crippen molar-refractivity contribution in [2.45, 2.75) is 13.5 Å². The van der Waals surface area contributed by atoms with Crippen LogP contribution in [0.4, 0.5) is 10.5 Å². The highest BCUT2D eigenvalue weighted by molar-refractivity contribution is 9.10. The number of barbiturate groups is 1. The minimum Gasteiger partial charge on any atom is -0.487 e. The van der Waals surface area contributed by atoms with Crippen LogP contribution in [0.25, 0.3) is 6.08 Å². The van der Waals surface area contributed by atoms with Gasteiger partial charge in [0.15, 0.2) is 0 Å². The molecule has 3 aromatic rings. The number of benzene rings is 3. The highest BCUT2D eigenvalue weighted by atomic mass is 79.9. The number of halogens is 4. The van der Waals surface area contributed by atoms with Crippen molar-refractivity contribution in [3.8, 4) is 5.75 Å². The summed E-state index contributed by atoms with van der Waals surface area (Å²) >= 11 is 22.1. The molecule has 4 rings (SSSR count). The highest BCUT2D eigenvalue weighted by Gasteiger charge is 2.38. The van der Waals surface area contributed by atoms with E-state index in [9.17, 15) is 14.4 Å². The van der Waals surface area contributed by atoms with Crippen LogP contribution >= 0.6 is 50.7 Å². The van der Waals surface area contributed by atoms with Gasteiger partial charge in [-0.2, -0.15) is 0 Å². The molecule has 1 aliphatic heterocycles. The van der Waals surface area contributed by atoms with Crippen molar-refractivity contribution < 1.29 is 19.1 Å². The standard InChI is InChI=1S/C25H16BrCl3N2O4/c1-13-19(28)3-2-4-21(13)31-24(33)18(23(32)30-25(31)34)10-15-9-17(27)11-20(29)22(15)35-12-14-5-7-16(26)8-6-14/h2-11H,12H2,1H3,(H,30,32,34)/b18-10+. The van der Waals surface area contributed by atoms with E-state index in [1.165, 1.54) is 18.2 Å². The lowest BCUT2D eigenvalue weighted by molar-refractivity contribution is -0.122. The smallest absolute Gasteiger partial charge is 0.335 e. The number of hydrogen-bond acceptors (Lipinski definition) is 4. The SMILES string of the molecule is Cc1c(Cl)cccc1N1C(=O)NC(=O)/C(=C\c2cc(Cl)cc(Cl)c2OCc2ccc(Br)cc2)C1=O. The monoisotopic (exact) mass is 592 g/mol. The maximum Gasteiger partial charge on any atom is 0.335 e. The van der Waals surface area contributed by atoms with E-state index in [-0.39, 0.29) is 33.7 Å². The summed E-state index contributed by atoms with van der Waals surface area (Å²) in [7, 11) is 0. The van der Waals surface area contributed by atoms with Crippen molar-refractivity contribution in [3.63, 3.8) is 0 Å². The Kier molecular flexibility index (Phi) is 7.52. The zero-order chi connectivity index (χ0) is 25.3. The number of carbonyl (C=O) groups is 3. The molecule has 4 amide bonds. The Bertz CT molecular complexity index is 1390. The first-order valence-electron chi connectivity index (χ1n) is 10.2. The fraction of sp³-hybridized carbons (Fsp3) is 0.0800. The molecule has 0 aliphatic carbocycles. The second kappa shape index (κ2) is 10.4. The first kappa shape index (κ1) is 25.3. The molecule has 1 aliphatic rings. The number of urea groups is 1. The number of imide groups is 2. The molecular weight excluding hydrogens is 579 g/mol. The molecule has 0 spiro atoms. The molecule has 0 saturated carbocycles. The van der Waals surface area contributed by atoms with Crippen LogP contribution in [0.5, 0.6) is 5.75 Å². The molecule has 3 aromatic carbocycles. The van der Waals surface area contributed by atoms with Crippen LogP contribution in [0.2, 0.25) is 15.1 Å². The van der Waals surface area contributed by atoms with E-state index in [1.54, 1.807) is 25.1 Å². The van der Waals surface area contributed by atoms with E-state index < -0.39 is 17.8 Å². The van der Waals surface area contributed by atoms with Gasteiger partial charge in [-0.15, -0.1) is 0 Å². The van der Waals surface area contributed by atoms with Gasteiger partial charge < -0.3 is 4.74 Å². The number of anilines is 1. The number of rotatable bonds is 5. The first-order chi connectivity index (χ1) is 16.7. The third kappa shape index (κ3) is 5.38. The van der Waals surface area contributed by atoms with E-state index in [0.717, 1.165) is 14.9 Å². The number of carbonyl (C=O) groups excluding carboxylic acids is 3. The molecule has 10 heteroatoms. The van der Waals surface area contributed by atoms with Gasteiger partial charge in [0.1, 0.15) is 17.9 Å². The first-order valence-corrected chi connectivity index (χ1v) is 12.1. The van der Waals surface area contributed by atoms with Crippen molar-refractivity contribution in [3.05, 3.63) is 96.4 Å². The third-order valence-corrected chi connectivity index (χ3v) is 6.65. The van der Waals surface area contributed by atoms with Gasteiger partial charge in [0.05, 0.1) is 10.7 Å². The summed E-state index contributed by atoms with van der Waals surface area (Å²) in [6, 6.07) is 14.4. The van der Waals surface area contributed by atoms with E-state index in [0.29, 0.717) is 16.1 Å². The summed E-state index contributed by atoms with van der Waals surface area (Å²) in [6.07, 6.45) is 1.30. The van der Waals surface area contributed by atoms with Crippen LogP contribution < -0.4 is 15.0 Å². The number of nitrogens with zero attached hydrogens (tertiary/aromatic N) is 1. The molecule has 1 saturated heterocycles. The van der Waals surface area contributed by atoms with Gasteiger partial charge in [0, 0.05) is 20.1 Å². The molecule has 1 N–H and O–H groups in total. The van der Waals surface area contributed by atoms with Crippen LogP contribution in [0.1, 0.15) is 16.7 Å². The lowest BCUT2D eigenvalue weighted by Gasteiger charge is -2.28. The van der Waals surface area contributed by atoms with Gasteiger partial charge in [0.2, 0.25) is 0 Å². The number of amides is 4. The van der Waals surface area contributed by atoms with Crippen LogP contribution in [0.15, 0.2) is 64.6 Å². The van der Waals surface area contributed by atoms with Crippen LogP contribution in [0.3, 0.4) is 0 Å². The fourth-order valence-corrected chi connectivity index (χ4v) is 4.44. The van der Waals surface area contributed by atoms with Gasteiger partial charge in [-0.3, -0.25) is 14.9 Å². The van der Waals surface area contributed by atoms with Gasteiger partial charge in [-0.25, -0.2) is 9.69 Å². The molecule has 1 heterocycles. The molecule has 0 aromatic heterocycles. The Morgan fingerprint density at radius 1 is 1.00 bits per heavy atom. The quantitative estimate of drug-likeness (QED) is 0.256. The fourth-order valence-electron chi connectivity index (χ4n) is 3.45. The summed E-state index contributed by atoms with van der Waals surface area (Å²) in [6.45, 7) is 1.85. The normalized spacial score (nSPS) is 14.9. The second-order valence-corrected chi connectivity index (χ2v) is 9.73. The summed E-state index contributed by atoms with van der Waals surface area (Å²) in [4.78, 5) is 39.4. The average molecular weight is 595 g/mol. The molecule has 6 nitrogen and oxygen atoms in total. The third-order valence-electron chi connectivity index (χ3n) is 5.22. The summed E-state index contributed by atoms with van der Waals surface area (Å²) in [5.74, 6) is -1.44. The van der Waals surface area contributed by atoms with Gasteiger partial charge in [-0.05, 0) is 60.5 Å². The Morgan fingerprint density at radius 3 is 2.43 bits per heavy atom. The van der Waals surface area contributed by atoms with Gasteiger partial charge >= 0.3 is 6.03 Å². The largest absolute Gasteiger partial charge is 0.487 e. The number of hydrogen-bond donors (Lipinski definition) is 1. The lowest BCUT2D eigenvalue weighted by Crippen LogP contribution is -2.54. The molecule has 0 bridgehead atoms. The summed E-state index contributed by atoms with van der Waals surface area (Å²) in [5, 5.41) is 3.04. The Morgan fingerprint density at radius 2 is 1.71 bits per heavy atom. The van der Waals surface area contributed by atoms with E-state index in [1.807, 2.05) is 24.3 Å². The van der Waals surface area contributed by atoms with Crippen molar-refractivity contribution in [2.75, 3.05) is 4.90 Å². The maximum absolute atomic E-state index is 13.3. The second-order valence-electron chi connectivity index (χ2n) is 7.56. The topological polar surface area (TPSA) is 75.7 Å². The van der Waals surface area contributed by atoms with E-state index >= 15 is 0 Å². The molecule has 0 radical (unpaired) electrons. The minimum atomic E-state index is -0.877. The molecule has 178 valence electrons. The Hall–Kier alpha value is -2.84. The predicted molar refractivity (Wildman–Crippen MR) is 140 cm³/mol. The van der Waals surface area contributed by atoms with E-state index in [2.05, 4.69) is 21.2 Å². The zero-order valence-corrected chi connectivity index (χ0v) is 21.9. The molecular formula is C25H16BrCl3N2O4. The molecule has 0 unspecified atom stereocenters. The van der Waals surface area contributed by atoms with Gasteiger partial charge in [0.25, 0.3) is 11.8 Å². The van der Waals surface area contributed by atoms with Crippen molar-refractivity contribution >= 4 is 80.3 Å². The van der Waals surface area contributed by atoms with Crippen LogP contribution in [0, 0.1) is 6.92 Å². The zero-order valence-electron chi connectivity index (χ0n) is 18.1. The highest BCUT2D eigenvalue weighted by Crippen LogP contribution is 2.36. The summed E-state index contributed by atoms with van der Waals surface area (Å²) < 4.78 is 6.86. The average Bonchev–Trinajstić information content (AvgIpc) is 2.79. The van der Waals surface area contributed by atoms with Crippen LogP contribution in [-0.4, -0.2) is 17.8 Å². The van der Waals surface area contributed by atoms with Crippen molar-refractivity contribution in [1.29, 1.82) is 0 Å². The summed E-state index contributed by atoms with van der Waals surface area (Å²) in [5.41, 5.74) is 1.65. The van der Waals surface area contributed by atoms with Crippen LogP contribution in [-0.2, 0) is 16.2 Å². The van der Waals surface area contributed by atoms with Crippen molar-refractivity contribution in [2.24, 2.45) is 0 Å².